The lowest BCUT2D eigenvalue weighted by Gasteiger charge is -2.40. The fourth-order valence-electron chi connectivity index (χ4n) is 2.43. The molecule has 2 fully saturated rings. The standard InChI is InChI=1S/C10H17N3S/c1-9-10(8-11,2-7-14-9)13-5-3-12-4-6-13/h9,12H,2-7H2,1H3. The topological polar surface area (TPSA) is 39.1 Å². The van der Waals surface area contributed by atoms with Crippen LogP contribution in [-0.4, -0.2) is 47.6 Å². The smallest absolute Gasteiger partial charge is 0.121 e. The summed E-state index contributed by atoms with van der Waals surface area (Å²) in [6, 6.07) is 2.57. The predicted molar refractivity (Wildman–Crippen MR) is 59.3 cm³/mol. The highest BCUT2D eigenvalue weighted by atomic mass is 32.2. The average molecular weight is 211 g/mol. The van der Waals surface area contributed by atoms with Crippen molar-refractivity contribution in [2.24, 2.45) is 0 Å². The number of nitriles is 1. The van der Waals surface area contributed by atoms with Crippen molar-refractivity contribution in [2.75, 3.05) is 31.9 Å². The third-order valence-electron chi connectivity index (χ3n) is 3.40. The minimum Gasteiger partial charge on any atom is -0.314 e. The van der Waals surface area contributed by atoms with Crippen LogP contribution in [0.25, 0.3) is 0 Å². The van der Waals surface area contributed by atoms with Crippen molar-refractivity contribution in [1.82, 2.24) is 10.2 Å². The minimum atomic E-state index is -0.174. The van der Waals surface area contributed by atoms with Gasteiger partial charge in [-0.25, -0.2) is 0 Å². The number of thioether (sulfide) groups is 1. The first kappa shape index (κ1) is 10.3. The third kappa shape index (κ3) is 1.54. The number of nitrogens with one attached hydrogen (secondary N) is 1. The van der Waals surface area contributed by atoms with Crippen LogP contribution >= 0.6 is 11.8 Å². The van der Waals surface area contributed by atoms with E-state index >= 15 is 0 Å². The maximum atomic E-state index is 9.41. The Morgan fingerprint density at radius 3 is 2.71 bits per heavy atom. The highest BCUT2D eigenvalue weighted by Crippen LogP contribution is 2.39. The molecule has 0 amide bonds. The molecule has 2 atom stereocenters. The molecule has 2 aliphatic rings. The largest absolute Gasteiger partial charge is 0.314 e. The van der Waals surface area contributed by atoms with Crippen molar-refractivity contribution in [3.05, 3.63) is 0 Å². The van der Waals surface area contributed by atoms with E-state index in [0.717, 1.165) is 38.4 Å². The second kappa shape index (κ2) is 4.09. The molecule has 2 rings (SSSR count). The van der Waals surface area contributed by atoms with Gasteiger partial charge in [-0.2, -0.15) is 17.0 Å². The first-order chi connectivity index (χ1) is 6.79. The number of piperazine rings is 1. The molecule has 0 aliphatic carbocycles. The second-order valence-electron chi connectivity index (χ2n) is 4.04. The number of hydrogen-bond donors (Lipinski definition) is 1. The van der Waals surface area contributed by atoms with Crippen molar-refractivity contribution >= 4 is 11.8 Å². The summed E-state index contributed by atoms with van der Waals surface area (Å²) in [5.41, 5.74) is -0.174. The summed E-state index contributed by atoms with van der Waals surface area (Å²) < 4.78 is 0. The van der Waals surface area contributed by atoms with Crippen LogP contribution in [0.5, 0.6) is 0 Å². The van der Waals surface area contributed by atoms with Crippen molar-refractivity contribution in [3.8, 4) is 6.07 Å². The quantitative estimate of drug-likeness (QED) is 0.692. The maximum absolute atomic E-state index is 9.41. The van der Waals surface area contributed by atoms with Crippen molar-refractivity contribution < 1.29 is 0 Å². The molecule has 2 unspecified atom stereocenters. The lowest BCUT2D eigenvalue weighted by molar-refractivity contribution is 0.121. The zero-order valence-electron chi connectivity index (χ0n) is 8.62. The first-order valence-corrected chi connectivity index (χ1v) is 6.33. The van der Waals surface area contributed by atoms with Crippen LogP contribution in [0.15, 0.2) is 0 Å². The Morgan fingerprint density at radius 2 is 2.21 bits per heavy atom. The number of hydrogen-bond acceptors (Lipinski definition) is 4. The van der Waals surface area contributed by atoms with Gasteiger partial charge in [0.15, 0.2) is 0 Å². The summed E-state index contributed by atoms with van der Waals surface area (Å²) in [4.78, 5) is 2.38. The maximum Gasteiger partial charge on any atom is 0.121 e. The molecule has 0 aromatic heterocycles. The summed E-state index contributed by atoms with van der Waals surface area (Å²) in [5, 5.41) is 13.2. The van der Waals surface area contributed by atoms with Crippen LogP contribution in [0, 0.1) is 11.3 Å². The van der Waals surface area contributed by atoms with Gasteiger partial charge < -0.3 is 5.32 Å². The van der Waals surface area contributed by atoms with Crippen LogP contribution in [0.3, 0.4) is 0 Å². The normalized spacial score (nSPS) is 39.6. The van der Waals surface area contributed by atoms with E-state index in [2.05, 4.69) is 23.2 Å². The van der Waals surface area contributed by atoms with E-state index in [1.54, 1.807) is 0 Å². The molecule has 2 aliphatic heterocycles. The third-order valence-corrected chi connectivity index (χ3v) is 4.73. The van der Waals surface area contributed by atoms with E-state index in [4.69, 9.17) is 0 Å². The van der Waals surface area contributed by atoms with Gasteiger partial charge in [0.1, 0.15) is 5.54 Å². The Morgan fingerprint density at radius 1 is 1.50 bits per heavy atom. The summed E-state index contributed by atoms with van der Waals surface area (Å²) in [5.74, 6) is 1.14. The molecule has 14 heavy (non-hydrogen) atoms. The molecule has 3 nitrogen and oxygen atoms in total. The lowest BCUT2D eigenvalue weighted by Crippen LogP contribution is -2.58. The van der Waals surface area contributed by atoms with Gasteiger partial charge >= 0.3 is 0 Å². The highest BCUT2D eigenvalue weighted by Gasteiger charge is 2.46. The van der Waals surface area contributed by atoms with Gasteiger partial charge in [0, 0.05) is 31.4 Å². The van der Waals surface area contributed by atoms with Gasteiger partial charge in [-0.1, -0.05) is 6.92 Å². The van der Waals surface area contributed by atoms with E-state index in [0.29, 0.717) is 5.25 Å². The average Bonchev–Trinajstić information content (AvgIpc) is 2.62. The van der Waals surface area contributed by atoms with Crippen molar-refractivity contribution in [1.29, 1.82) is 5.26 Å². The zero-order valence-corrected chi connectivity index (χ0v) is 9.44. The van der Waals surface area contributed by atoms with Crippen molar-refractivity contribution in [2.45, 2.75) is 24.1 Å². The van der Waals surface area contributed by atoms with Crippen LogP contribution in [0.2, 0.25) is 0 Å². The summed E-state index contributed by atoms with van der Waals surface area (Å²) in [6.45, 7) is 6.31. The SMILES string of the molecule is CC1SCCC1(C#N)N1CCNCC1. The molecule has 1 N–H and O–H groups in total. The van der Waals surface area contributed by atoms with Crippen LogP contribution in [0.1, 0.15) is 13.3 Å². The van der Waals surface area contributed by atoms with Gasteiger partial charge in [0.05, 0.1) is 6.07 Å². The molecule has 0 bridgehead atoms. The Kier molecular flexibility index (Phi) is 3.01. The van der Waals surface area contributed by atoms with Gasteiger partial charge in [-0.05, 0) is 12.2 Å². The van der Waals surface area contributed by atoms with Crippen LogP contribution in [-0.2, 0) is 0 Å². The molecule has 78 valence electrons. The summed E-state index contributed by atoms with van der Waals surface area (Å²) >= 11 is 1.94. The van der Waals surface area contributed by atoms with E-state index in [9.17, 15) is 5.26 Å². The highest BCUT2D eigenvalue weighted by molar-refractivity contribution is 8.00. The second-order valence-corrected chi connectivity index (χ2v) is 5.48. The van der Waals surface area contributed by atoms with Gasteiger partial charge in [0.2, 0.25) is 0 Å². The molecule has 0 spiro atoms. The fraction of sp³-hybridized carbons (Fsp3) is 0.900. The Hall–Kier alpha value is -0.240. The zero-order chi connectivity index (χ0) is 10.0. The molecular formula is C10H17N3S. The molecule has 0 radical (unpaired) electrons. The van der Waals surface area contributed by atoms with Gasteiger partial charge in [0.25, 0.3) is 0 Å². The van der Waals surface area contributed by atoms with E-state index < -0.39 is 0 Å². The first-order valence-electron chi connectivity index (χ1n) is 5.28. The van der Waals surface area contributed by atoms with Crippen molar-refractivity contribution in [3.63, 3.8) is 0 Å². The van der Waals surface area contributed by atoms with Crippen LogP contribution in [0.4, 0.5) is 0 Å². The van der Waals surface area contributed by atoms with Gasteiger partial charge in [-0.15, -0.1) is 0 Å². The Bertz CT molecular complexity index is 244. The predicted octanol–water partition coefficient (Wildman–Crippen LogP) is 0.679. The van der Waals surface area contributed by atoms with E-state index in [1.807, 2.05) is 11.8 Å². The Labute approximate surface area is 89.8 Å². The molecule has 0 saturated carbocycles. The molecule has 2 saturated heterocycles. The molecular weight excluding hydrogens is 194 g/mol. The monoisotopic (exact) mass is 211 g/mol. The molecule has 0 aromatic carbocycles. The Balaban J connectivity index is 2.14. The summed E-state index contributed by atoms with van der Waals surface area (Å²) in [7, 11) is 0. The fourth-order valence-corrected chi connectivity index (χ4v) is 3.81. The molecule has 2 heterocycles. The lowest BCUT2D eigenvalue weighted by atomic mass is 9.91. The molecule has 4 heteroatoms. The minimum absolute atomic E-state index is 0.174. The summed E-state index contributed by atoms with van der Waals surface area (Å²) in [6.07, 6.45) is 1.04. The van der Waals surface area contributed by atoms with Gasteiger partial charge in [-0.3, -0.25) is 4.90 Å². The van der Waals surface area contributed by atoms with E-state index in [-0.39, 0.29) is 5.54 Å². The number of rotatable bonds is 1. The molecule has 0 aromatic rings. The number of nitrogens with zero attached hydrogens (tertiary/aromatic N) is 2. The van der Waals surface area contributed by atoms with Crippen LogP contribution < -0.4 is 5.32 Å². The van der Waals surface area contributed by atoms with E-state index in [1.165, 1.54) is 0 Å².